The molecule has 2 heterocycles. The third-order valence-electron chi connectivity index (χ3n) is 3.49. The fraction of sp³-hybridized carbons (Fsp3) is 0.133. The molecule has 0 bridgehead atoms. The van der Waals surface area contributed by atoms with Gasteiger partial charge in [-0.15, -0.1) is 0 Å². The molecule has 0 spiro atoms. The predicted octanol–water partition coefficient (Wildman–Crippen LogP) is 3.11. The number of carbonyl (C=O) groups excluding carboxylic acids is 1. The van der Waals surface area contributed by atoms with Crippen molar-refractivity contribution in [3.63, 3.8) is 0 Å². The monoisotopic (exact) mass is 373 g/mol. The van der Waals surface area contributed by atoms with Crippen LogP contribution in [0.1, 0.15) is 10.4 Å². The summed E-state index contributed by atoms with van der Waals surface area (Å²) in [5, 5.41) is 0.384. The lowest BCUT2D eigenvalue weighted by Crippen LogP contribution is -2.28. The van der Waals surface area contributed by atoms with Crippen molar-refractivity contribution in [2.45, 2.75) is 5.51 Å². The SMILES string of the molecule is COC(=O)c1c2ccc(OS(=O)(=O)C(F)(F)F)cc2n2ccccc12. The number of carbonyl (C=O) groups is 1. The molecule has 0 radical (unpaired) electrons. The van der Waals surface area contributed by atoms with E-state index in [1.165, 1.54) is 17.6 Å². The number of nitrogens with zero attached hydrogens (tertiary/aromatic N) is 1. The summed E-state index contributed by atoms with van der Waals surface area (Å²) in [4.78, 5) is 12.0. The normalized spacial score (nSPS) is 12.5. The topological polar surface area (TPSA) is 74.1 Å². The van der Waals surface area contributed by atoms with Crippen LogP contribution in [-0.4, -0.2) is 31.4 Å². The van der Waals surface area contributed by atoms with Crippen LogP contribution in [0.25, 0.3) is 16.4 Å². The molecule has 10 heteroatoms. The summed E-state index contributed by atoms with van der Waals surface area (Å²) in [5.41, 5.74) is -4.57. The highest BCUT2D eigenvalue weighted by atomic mass is 32.2. The van der Waals surface area contributed by atoms with Gasteiger partial charge in [0.15, 0.2) is 0 Å². The number of hydrogen-bond donors (Lipinski definition) is 0. The maximum absolute atomic E-state index is 12.5. The fourth-order valence-electron chi connectivity index (χ4n) is 2.46. The van der Waals surface area contributed by atoms with E-state index in [9.17, 15) is 26.4 Å². The number of rotatable bonds is 3. The van der Waals surface area contributed by atoms with E-state index in [0.29, 0.717) is 16.4 Å². The van der Waals surface area contributed by atoms with Crippen molar-refractivity contribution in [1.29, 1.82) is 0 Å². The molecule has 3 rings (SSSR count). The van der Waals surface area contributed by atoms with Gasteiger partial charge in [-0.2, -0.15) is 21.6 Å². The van der Waals surface area contributed by atoms with E-state index in [1.807, 2.05) is 0 Å². The van der Waals surface area contributed by atoms with Crippen molar-refractivity contribution in [1.82, 2.24) is 4.40 Å². The number of methoxy groups -OCH3 is 1. The summed E-state index contributed by atoms with van der Waals surface area (Å²) in [6, 6.07) is 8.39. The second-order valence-electron chi connectivity index (χ2n) is 4.98. The van der Waals surface area contributed by atoms with E-state index in [0.717, 1.165) is 12.1 Å². The van der Waals surface area contributed by atoms with Crippen LogP contribution in [0.15, 0.2) is 42.6 Å². The van der Waals surface area contributed by atoms with Crippen molar-refractivity contribution in [3.05, 3.63) is 48.2 Å². The van der Waals surface area contributed by atoms with Crippen LogP contribution in [0.5, 0.6) is 5.75 Å². The molecule has 0 aliphatic rings. The van der Waals surface area contributed by atoms with E-state index >= 15 is 0 Å². The van der Waals surface area contributed by atoms with Crippen LogP contribution < -0.4 is 4.18 Å². The van der Waals surface area contributed by atoms with Gasteiger partial charge < -0.3 is 13.3 Å². The van der Waals surface area contributed by atoms with Gasteiger partial charge in [0.25, 0.3) is 0 Å². The van der Waals surface area contributed by atoms with Gasteiger partial charge in [-0.3, -0.25) is 0 Å². The molecule has 0 aliphatic carbocycles. The first-order valence-corrected chi connectivity index (χ1v) is 8.18. The number of aromatic nitrogens is 1. The van der Waals surface area contributed by atoms with Gasteiger partial charge in [0.1, 0.15) is 5.75 Å². The van der Waals surface area contributed by atoms with E-state index < -0.39 is 27.3 Å². The Morgan fingerprint density at radius 3 is 2.48 bits per heavy atom. The zero-order valence-corrected chi connectivity index (χ0v) is 13.4. The Balaban J connectivity index is 2.22. The molecule has 0 saturated carbocycles. The lowest BCUT2D eigenvalue weighted by molar-refractivity contribution is -0.0500. The highest BCUT2D eigenvalue weighted by molar-refractivity contribution is 7.88. The highest BCUT2D eigenvalue weighted by Gasteiger charge is 2.48. The Hall–Kier alpha value is -2.75. The number of esters is 1. The number of alkyl halides is 3. The average molecular weight is 373 g/mol. The van der Waals surface area contributed by atoms with E-state index in [2.05, 4.69) is 4.18 Å². The number of halogens is 3. The van der Waals surface area contributed by atoms with Crippen LogP contribution >= 0.6 is 0 Å². The second-order valence-corrected chi connectivity index (χ2v) is 6.52. The number of benzene rings is 1. The first kappa shape index (κ1) is 17.1. The minimum absolute atomic E-state index is 0.211. The fourth-order valence-corrected chi connectivity index (χ4v) is 2.91. The third kappa shape index (κ3) is 2.78. The molecule has 6 nitrogen and oxygen atoms in total. The van der Waals surface area contributed by atoms with Gasteiger partial charge in [-0.05, 0) is 24.3 Å². The van der Waals surface area contributed by atoms with Gasteiger partial charge in [0.2, 0.25) is 0 Å². The molecule has 0 atom stereocenters. The quantitative estimate of drug-likeness (QED) is 0.401. The second kappa shape index (κ2) is 5.66. The standard InChI is InChI=1S/C15H10F3NO5S/c1-23-14(20)13-10-6-5-9(24-25(21,22)15(16,17)18)8-12(10)19-7-3-2-4-11(13)19/h2-8H,1H3. The number of fused-ring (bicyclic) bond motifs is 3. The van der Waals surface area contributed by atoms with E-state index in [1.54, 1.807) is 24.4 Å². The summed E-state index contributed by atoms with van der Waals surface area (Å²) < 4.78 is 70.1. The van der Waals surface area contributed by atoms with Gasteiger partial charge >= 0.3 is 21.6 Å². The largest absolute Gasteiger partial charge is 0.534 e. The maximum atomic E-state index is 12.5. The molecular formula is C15H10F3NO5S. The molecule has 0 amide bonds. The predicted molar refractivity (Wildman–Crippen MR) is 81.8 cm³/mol. The molecule has 0 N–H and O–H groups in total. The van der Waals surface area contributed by atoms with Crippen molar-refractivity contribution < 1.29 is 35.3 Å². The first-order chi connectivity index (χ1) is 11.7. The Labute approximate surface area is 139 Å². The minimum atomic E-state index is -5.79. The Kier molecular flexibility index (Phi) is 3.87. The molecule has 132 valence electrons. The number of pyridine rings is 1. The Morgan fingerprint density at radius 1 is 1.12 bits per heavy atom. The zero-order chi connectivity index (χ0) is 18.4. The molecule has 1 aromatic carbocycles. The molecule has 2 aromatic heterocycles. The van der Waals surface area contributed by atoms with Crippen molar-refractivity contribution in [3.8, 4) is 5.75 Å². The van der Waals surface area contributed by atoms with E-state index in [-0.39, 0.29) is 5.56 Å². The van der Waals surface area contributed by atoms with Gasteiger partial charge in [0, 0.05) is 17.6 Å². The van der Waals surface area contributed by atoms with Crippen LogP contribution in [0, 0.1) is 0 Å². The third-order valence-corrected chi connectivity index (χ3v) is 4.47. The van der Waals surface area contributed by atoms with Gasteiger partial charge in [-0.1, -0.05) is 6.07 Å². The number of hydrogen-bond acceptors (Lipinski definition) is 5. The summed E-state index contributed by atoms with van der Waals surface area (Å²) in [7, 11) is -4.59. The lowest BCUT2D eigenvalue weighted by Gasteiger charge is -2.09. The van der Waals surface area contributed by atoms with Crippen molar-refractivity contribution >= 4 is 32.5 Å². The molecule has 0 unspecified atom stereocenters. The van der Waals surface area contributed by atoms with Crippen LogP contribution in [0.4, 0.5) is 13.2 Å². The molecule has 0 saturated heterocycles. The molecule has 25 heavy (non-hydrogen) atoms. The van der Waals surface area contributed by atoms with E-state index in [4.69, 9.17) is 4.74 Å². The Bertz CT molecular complexity index is 1090. The molecular weight excluding hydrogens is 363 g/mol. The molecule has 0 aliphatic heterocycles. The number of ether oxygens (including phenoxy) is 1. The molecule has 0 fully saturated rings. The maximum Gasteiger partial charge on any atom is 0.534 e. The summed E-state index contributed by atoms with van der Waals surface area (Å²) in [6.45, 7) is 0. The summed E-state index contributed by atoms with van der Waals surface area (Å²) in [5.74, 6) is -1.15. The van der Waals surface area contributed by atoms with Crippen molar-refractivity contribution in [2.24, 2.45) is 0 Å². The van der Waals surface area contributed by atoms with Crippen LogP contribution in [0.3, 0.4) is 0 Å². The minimum Gasteiger partial charge on any atom is -0.465 e. The smallest absolute Gasteiger partial charge is 0.465 e. The first-order valence-electron chi connectivity index (χ1n) is 6.77. The average Bonchev–Trinajstić information content (AvgIpc) is 2.87. The van der Waals surface area contributed by atoms with Crippen LogP contribution in [-0.2, 0) is 14.9 Å². The van der Waals surface area contributed by atoms with Gasteiger partial charge in [-0.25, -0.2) is 4.79 Å². The van der Waals surface area contributed by atoms with Gasteiger partial charge in [0.05, 0.1) is 23.7 Å². The van der Waals surface area contributed by atoms with Crippen LogP contribution in [0.2, 0.25) is 0 Å². The molecule has 3 aromatic rings. The Morgan fingerprint density at radius 2 is 1.84 bits per heavy atom. The zero-order valence-electron chi connectivity index (χ0n) is 12.6. The lowest BCUT2D eigenvalue weighted by atomic mass is 10.1. The highest BCUT2D eigenvalue weighted by Crippen LogP contribution is 2.32. The van der Waals surface area contributed by atoms with Crippen molar-refractivity contribution in [2.75, 3.05) is 7.11 Å². The summed E-state index contributed by atoms with van der Waals surface area (Å²) in [6.07, 6.45) is 1.58. The summed E-state index contributed by atoms with van der Waals surface area (Å²) >= 11 is 0.